The largest absolute Gasteiger partial charge is 0.319 e. The third kappa shape index (κ3) is 2.81. The van der Waals surface area contributed by atoms with Crippen LogP contribution in [0.1, 0.15) is 15.9 Å². The van der Waals surface area contributed by atoms with Crippen molar-refractivity contribution in [1.29, 1.82) is 10.7 Å². The third-order valence-electron chi connectivity index (χ3n) is 2.79. The van der Waals surface area contributed by atoms with Gasteiger partial charge in [-0.2, -0.15) is 5.26 Å². The Balaban J connectivity index is 2.35. The molecule has 6 nitrogen and oxygen atoms in total. The zero-order valence-electron chi connectivity index (χ0n) is 11.0. The van der Waals surface area contributed by atoms with Gasteiger partial charge in [-0.15, -0.1) is 0 Å². The van der Waals surface area contributed by atoms with E-state index < -0.39 is 23.1 Å². The number of halogens is 2. The number of anilines is 2. The number of amides is 1. The second-order valence-corrected chi connectivity index (χ2v) is 4.11. The van der Waals surface area contributed by atoms with Crippen LogP contribution in [0.15, 0.2) is 36.4 Å². The molecule has 2 N–H and O–H groups in total. The topological polar surface area (TPSA) is 93.1 Å². The molecule has 0 aromatic heterocycles. The number of nitrogens with zero attached hydrogens (tertiary/aromatic N) is 3. The Morgan fingerprint density at radius 1 is 1.14 bits per heavy atom. The van der Waals surface area contributed by atoms with Crippen molar-refractivity contribution in [2.45, 2.75) is 0 Å². The van der Waals surface area contributed by atoms with Crippen molar-refractivity contribution in [3.05, 3.63) is 64.2 Å². The summed E-state index contributed by atoms with van der Waals surface area (Å²) in [6.07, 6.45) is 0. The van der Waals surface area contributed by atoms with Gasteiger partial charge in [0.25, 0.3) is 11.3 Å². The fourth-order valence-electron chi connectivity index (χ4n) is 1.77. The molecule has 2 rings (SSSR count). The molecule has 0 bridgehead atoms. The Morgan fingerprint density at radius 2 is 1.86 bits per heavy atom. The summed E-state index contributed by atoms with van der Waals surface area (Å²) in [4.78, 5) is 12.1. The molecule has 22 heavy (non-hydrogen) atoms. The lowest BCUT2D eigenvalue weighted by molar-refractivity contribution is 0.102. The van der Waals surface area contributed by atoms with Crippen molar-refractivity contribution in [2.75, 3.05) is 10.7 Å². The molecule has 1 amide bonds. The molecule has 0 aliphatic carbocycles. The van der Waals surface area contributed by atoms with Gasteiger partial charge in [0, 0.05) is 0 Å². The van der Waals surface area contributed by atoms with E-state index in [2.05, 4.69) is 15.8 Å². The first kappa shape index (κ1) is 14.9. The number of rotatable bonds is 3. The standard InChI is InChI=1S/C14H7F2N5O/c15-10-5-6-12(13(16)9(10)7-17)19-14(22)8-3-1-2-4-11(8)20-21-18/h1-6H,(H-,19,20,22)/p+1. The first-order chi connectivity index (χ1) is 10.6. The van der Waals surface area contributed by atoms with Crippen molar-refractivity contribution >= 4 is 17.3 Å². The van der Waals surface area contributed by atoms with E-state index in [0.717, 1.165) is 12.1 Å². The number of nitrogens with one attached hydrogen (secondary N) is 2. The van der Waals surface area contributed by atoms with Crippen LogP contribution < -0.4 is 10.7 Å². The van der Waals surface area contributed by atoms with Crippen molar-refractivity contribution < 1.29 is 13.6 Å². The van der Waals surface area contributed by atoms with Crippen LogP contribution in [0.5, 0.6) is 0 Å². The molecule has 0 fully saturated rings. The Bertz CT molecular complexity index is 823. The molecule has 8 heteroatoms. The highest BCUT2D eigenvalue weighted by Crippen LogP contribution is 2.22. The molecule has 108 valence electrons. The van der Waals surface area contributed by atoms with Gasteiger partial charge >= 0.3 is 5.08 Å². The Hall–Kier alpha value is -3.52. The van der Waals surface area contributed by atoms with Gasteiger partial charge in [0.15, 0.2) is 5.82 Å². The molecule has 0 saturated heterocycles. The number of para-hydroxylation sites is 1. The van der Waals surface area contributed by atoms with E-state index in [4.69, 9.17) is 10.7 Å². The maximum atomic E-state index is 13.9. The summed E-state index contributed by atoms with van der Waals surface area (Å²) in [7, 11) is 0. The molecule has 0 saturated carbocycles. The molecule has 2 aromatic rings. The predicted molar refractivity (Wildman–Crippen MR) is 74.2 cm³/mol. The number of carbonyl (C=O) groups excluding carboxylic acids is 1. The Morgan fingerprint density at radius 3 is 2.55 bits per heavy atom. The van der Waals surface area contributed by atoms with E-state index >= 15 is 0 Å². The smallest absolute Gasteiger partial charge is 0.308 e. The molecule has 0 aliphatic rings. The lowest BCUT2D eigenvalue weighted by Crippen LogP contribution is -2.15. The van der Waals surface area contributed by atoms with E-state index in [0.29, 0.717) is 0 Å². The average molecular weight is 300 g/mol. The average Bonchev–Trinajstić information content (AvgIpc) is 2.51. The fraction of sp³-hybridized carbons (Fsp3) is 0. The van der Waals surface area contributed by atoms with Crippen LogP contribution in [-0.2, 0) is 0 Å². The molecule has 0 radical (unpaired) electrons. The van der Waals surface area contributed by atoms with Crippen molar-refractivity contribution in [1.82, 2.24) is 0 Å². The number of hydrogen-bond acceptors (Lipinski definition) is 4. The normalized spacial score (nSPS) is 9.45. The number of diazo groups is 1. The zero-order valence-corrected chi connectivity index (χ0v) is 11.0. The van der Waals surface area contributed by atoms with Gasteiger partial charge in [-0.05, 0) is 29.7 Å². The van der Waals surface area contributed by atoms with E-state index in [1.165, 1.54) is 18.2 Å². The number of benzene rings is 2. The van der Waals surface area contributed by atoms with Crippen LogP contribution in [0, 0.1) is 28.4 Å². The first-order valence-corrected chi connectivity index (χ1v) is 5.97. The Kier molecular flexibility index (Phi) is 4.25. The lowest BCUT2D eigenvalue weighted by Gasteiger charge is -2.08. The van der Waals surface area contributed by atoms with Crippen LogP contribution in [-0.4, -0.2) is 5.91 Å². The summed E-state index contributed by atoms with van der Waals surface area (Å²) in [5, 5.41) is 22.1. The lowest BCUT2D eigenvalue weighted by atomic mass is 10.1. The van der Waals surface area contributed by atoms with Gasteiger partial charge < -0.3 is 5.32 Å². The van der Waals surface area contributed by atoms with Crippen molar-refractivity contribution in [2.24, 2.45) is 0 Å². The molecule has 0 unspecified atom stereocenters. The minimum absolute atomic E-state index is 0.0718. The van der Waals surface area contributed by atoms with E-state index in [-0.39, 0.29) is 16.9 Å². The molecule has 2 aromatic carbocycles. The molecular weight excluding hydrogens is 292 g/mol. The summed E-state index contributed by atoms with van der Waals surface area (Å²) in [6.45, 7) is 0. The van der Waals surface area contributed by atoms with Gasteiger partial charge in [0.1, 0.15) is 23.1 Å². The maximum Gasteiger partial charge on any atom is 0.308 e. The van der Waals surface area contributed by atoms with Crippen LogP contribution in [0.2, 0.25) is 0 Å². The van der Waals surface area contributed by atoms with Gasteiger partial charge in [0.2, 0.25) is 0 Å². The summed E-state index contributed by atoms with van der Waals surface area (Å²) >= 11 is 0. The number of nitriles is 1. The van der Waals surface area contributed by atoms with Gasteiger partial charge in [-0.3, -0.25) is 4.79 Å². The van der Waals surface area contributed by atoms with Crippen LogP contribution in [0.4, 0.5) is 20.2 Å². The highest BCUT2D eigenvalue weighted by Gasteiger charge is 2.18. The van der Waals surface area contributed by atoms with E-state index in [9.17, 15) is 13.6 Å². The quantitative estimate of drug-likeness (QED) is 0.672. The predicted octanol–water partition coefficient (Wildman–Crippen LogP) is 3.27. The minimum atomic E-state index is -1.16. The van der Waals surface area contributed by atoms with Gasteiger partial charge in [-0.25, -0.2) is 8.78 Å². The van der Waals surface area contributed by atoms with E-state index in [1.54, 1.807) is 12.1 Å². The summed E-state index contributed by atoms with van der Waals surface area (Å²) in [5.74, 6) is -2.89. The maximum absolute atomic E-state index is 13.9. The van der Waals surface area contributed by atoms with E-state index in [1.807, 2.05) is 0 Å². The summed E-state index contributed by atoms with van der Waals surface area (Å²) < 4.78 is 27.1. The summed E-state index contributed by atoms with van der Waals surface area (Å²) in [6, 6.07) is 9.31. The SMILES string of the molecule is N#Cc1c(F)ccc(NC(=O)c2ccccc2N[N+]#N)c1F. The van der Waals surface area contributed by atoms with Gasteiger partial charge in [0.05, 0.1) is 11.3 Å². The van der Waals surface area contributed by atoms with Crippen LogP contribution in [0.25, 0.3) is 5.08 Å². The number of carbonyl (C=O) groups is 1. The van der Waals surface area contributed by atoms with Crippen LogP contribution in [0.3, 0.4) is 0 Å². The monoisotopic (exact) mass is 300 g/mol. The minimum Gasteiger partial charge on any atom is -0.319 e. The van der Waals surface area contributed by atoms with Crippen molar-refractivity contribution in [3.8, 4) is 6.07 Å². The van der Waals surface area contributed by atoms with Crippen LogP contribution >= 0.6 is 0 Å². The Labute approximate surface area is 123 Å². The van der Waals surface area contributed by atoms with Crippen molar-refractivity contribution in [3.63, 3.8) is 0 Å². The third-order valence-corrected chi connectivity index (χ3v) is 2.79. The summed E-state index contributed by atoms with van der Waals surface area (Å²) in [5.41, 5.74) is 1.34. The molecule has 0 heterocycles. The molecule has 0 aliphatic heterocycles. The first-order valence-electron chi connectivity index (χ1n) is 5.97. The second-order valence-electron chi connectivity index (χ2n) is 4.11. The fourth-order valence-corrected chi connectivity index (χ4v) is 1.77. The highest BCUT2D eigenvalue weighted by atomic mass is 19.1. The van der Waals surface area contributed by atoms with Gasteiger partial charge in [-0.1, -0.05) is 12.1 Å². The zero-order chi connectivity index (χ0) is 16.1. The highest BCUT2D eigenvalue weighted by molar-refractivity contribution is 6.08. The molecule has 0 atom stereocenters. The molecular formula is C14H8F2N5O+. The molecule has 0 spiro atoms. The number of hydrogen-bond donors (Lipinski definition) is 2. The second kappa shape index (κ2) is 6.29.